The van der Waals surface area contributed by atoms with E-state index >= 15 is 0 Å². The molecule has 2 rings (SSSR count). The Bertz CT molecular complexity index is 446. The second kappa shape index (κ2) is 5.18. The molecule has 1 N–H and O–H groups in total. The minimum absolute atomic E-state index is 0.0574. The van der Waals surface area contributed by atoms with Crippen LogP contribution in [0.15, 0.2) is 15.9 Å². The topological polar surface area (TPSA) is 49.4 Å². The largest absolute Gasteiger partial charge is 0.357 e. The Labute approximate surface area is 112 Å². The Morgan fingerprint density at radius 2 is 2.35 bits per heavy atom. The third kappa shape index (κ3) is 2.37. The molecule has 6 heteroatoms. The molecule has 1 aromatic heterocycles. The molecule has 2 heterocycles. The van der Waals surface area contributed by atoms with Gasteiger partial charge in [-0.25, -0.2) is 0 Å². The summed E-state index contributed by atoms with van der Waals surface area (Å²) in [7, 11) is 1.60. The summed E-state index contributed by atoms with van der Waals surface area (Å²) in [5, 5.41) is 4.47. The first-order chi connectivity index (χ1) is 8.15. The number of likely N-dealkylation sites (tertiary alicyclic amines) is 1. The number of carbonyl (C=O) groups is 2. The summed E-state index contributed by atoms with van der Waals surface area (Å²) < 4.78 is 0.801. The van der Waals surface area contributed by atoms with Gasteiger partial charge >= 0.3 is 0 Å². The molecule has 0 aliphatic carbocycles. The number of halogens is 1. The second-order valence-corrected chi connectivity index (χ2v) is 5.64. The average Bonchev–Trinajstić information content (AvgIpc) is 2.95. The molecule has 1 aliphatic heterocycles. The normalized spacial score (nSPS) is 19.4. The van der Waals surface area contributed by atoms with Crippen molar-refractivity contribution in [3.63, 3.8) is 0 Å². The van der Waals surface area contributed by atoms with Crippen LogP contribution in [-0.4, -0.2) is 36.3 Å². The number of rotatable bonds is 2. The molecule has 0 aromatic carbocycles. The standard InChI is InChI=1S/C11H13BrN2O2S/c1-13-10(15)8-3-2-5-14(8)11(16)9-7(12)4-6-17-9/h4,6,8H,2-3,5H2,1H3,(H,13,15). The maximum Gasteiger partial charge on any atom is 0.265 e. The van der Waals surface area contributed by atoms with Gasteiger partial charge in [-0.2, -0.15) is 0 Å². The van der Waals surface area contributed by atoms with Gasteiger partial charge in [0, 0.05) is 18.1 Å². The maximum atomic E-state index is 12.3. The molecule has 1 aromatic rings. The fraction of sp³-hybridized carbons (Fsp3) is 0.455. The van der Waals surface area contributed by atoms with E-state index in [-0.39, 0.29) is 17.9 Å². The Morgan fingerprint density at radius 1 is 1.59 bits per heavy atom. The molecule has 17 heavy (non-hydrogen) atoms. The zero-order valence-corrected chi connectivity index (χ0v) is 11.8. The van der Waals surface area contributed by atoms with Crippen LogP contribution in [0, 0.1) is 0 Å². The number of nitrogens with one attached hydrogen (secondary N) is 1. The van der Waals surface area contributed by atoms with Crippen molar-refractivity contribution >= 4 is 39.1 Å². The van der Waals surface area contributed by atoms with E-state index in [9.17, 15) is 9.59 Å². The predicted octanol–water partition coefficient (Wildman–Crippen LogP) is 1.86. The monoisotopic (exact) mass is 316 g/mol. The number of amides is 2. The molecular weight excluding hydrogens is 304 g/mol. The van der Waals surface area contributed by atoms with Crippen LogP contribution >= 0.6 is 27.3 Å². The van der Waals surface area contributed by atoms with Crippen molar-refractivity contribution in [1.82, 2.24) is 10.2 Å². The van der Waals surface area contributed by atoms with Crippen molar-refractivity contribution < 1.29 is 9.59 Å². The molecule has 1 unspecified atom stereocenters. The van der Waals surface area contributed by atoms with Gasteiger partial charge < -0.3 is 10.2 Å². The third-order valence-electron chi connectivity index (χ3n) is 2.87. The van der Waals surface area contributed by atoms with Crippen LogP contribution in [0.1, 0.15) is 22.5 Å². The van der Waals surface area contributed by atoms with Gasteiger partial charge in [-0.15, -0.1) is 11.3 Å². The third-order valence-corrected chi connectivity index (χ3v) is 4.70. The molecule has 1 fully saturated rings. The van der Waals surface area contributed by atoms with Gasteiger partial charge in [0.2, 0.25) is 5.91 Å². The summed E-state index contributed by atoms with van der Waals surface area (Å²) in [4.78, 5) is 26.3. The first kappa shape index (κ1) is 12.6. The van der Waals surface area contributed by atoms with Crippen molar-refractivity contribution in [3.8, 4) is 0 Å². The van der Waals surface area contributed by atoms with Crippen LogP contribution < -0.4 is 5.32 Å². The van der Waals surface area contributed by atoms with Crippen molar-refractivity contribution in [1.29, 1.82) is 0 Å². The van der Waals surface area contributed by atoms with Gasteiger partial charge in [0.1, 0.15) is 10.9 Å². The highest BCUT2D eigenvalue weighted by Crippen LogP contribution is 2.27. The number of likely N-dealkylation sites (N-methyl/N-ethyl adjacent to an activating group) is 1. The highest BCUT2D eigenvalue weighted by molar-refractivity contribution is 9.10. The lowest BCUT2D eigenvalue weighted by Crippen LogP contribution is -2.44. The molecule has 2 amide bonds. The van der Waals surface area contributed by atoms with Gasteiger partial charge in [-0.05, 0) is 40.2 Å². The number of thiophene rings is 1. The summed E-state index contributed by atoms with van der Waals surface area (Å²) in [5.74, 6) is -0.137. The Hall–Kier alpha value is -0.880. The van der Waals surface area contributed by atoms with Gasteiger partial charge in [-0.3, -0.25) is 9.59 Å². The van der Waals surface area contributed by atoms with E-state index in [0.29, 0.717) is 11.4 Å². The van der Waals surface area contributed by atoms with Crippen molar-refractivity contribution in [3.05, 3.63) is 20.8 Å². The lowest BCUT2D eigenvalue weighted by Gasteiger charge is -2.22. The lowest BCUT2D eigenvalue weighted by atomic mass is 10.2. The maximum absolute atomic E-state index is 12.3. The second-order valence-electron chi connectivity index (χ2n) is 3.87. The van der Waals surface area contributed by atoms with Crippen LogP contribution in [0.25, 0.3) is 0 Å². The fourth-order valence-electron chi connectivity index (χ4n) is 2.03. The molecule has 4 nitrogen and oxygen atoms in total. The van der Waals surface area contributed by atoms with Crippen molar-refractivity contribution in [2.24, 2.45) is 0 Å². The van der Waals surface area contributed by atoms with E-state index in [0.717, 1.165) is 17.3 Å². The summed E-state index contributed by atoms with van der Waals surface area (Å²) in [6.45, 7) is 0.654. The number of nitrogens with zero attached hydrogens (tertiary/aromatic N) is 1. The molecule has 0 saturated carbocycles. The predicted molar refractivity (Wildman–Crippen MR) is 70.1 cm³/mol. The molecule has 0 spiro atoms. The number of hydrogen-bond donors (Lipinski definition) is 1. The van der Waals surface area contributed by atoms with Crippen molar-refractivity contribution in [2.45, 2.75) is 18.9 Å². The zero-order valence-electron chi connectivity index (χ0n) is 9.40. The van der Waals surface area contributed by atoms with Crippen LogP contribution in [-0.2, 0) is 4.79 Å². The van der Waals surface area contributed by atoms with E-state index in [1.807, 2.05) is 11.4 Å². The number of hydrogen-bond acceptors (Lipinski definition) is 3. The zero-order chi connectivity index (χ0) is 12.4. The van der Waals surface area contributed by atoms with E-state index in [4.69, 9.17) is 0 Å². The van der Waals surface area contributed by atoms with Gasteiger partial charge in [-0.1, -0.05) is 0 Å². The summed E-state index contributed by atoms with van der Waals surface area (Å²) in [6, 6.07) is 1.53. The Kier molecular flexibility index (Phi) is 3.83. The highest BCUT2D eigenvalue weighted by Gasteiger charge is 2.34. The molecule has 0 radical (unpaired) electrons. The highest BCUT2D eigenvalue weighted by atomic mass is 79.9. The van der Waals surface area contributed by atoms with E-state index in [2.05, 4.69) is 21.2 Å². The first-order valence-corrected chi connectivity index (χ1v) is 7.08. The van der Waals surface area contributed by atoms with Gasteiger partial charge in [0.15, 0.2) is 0 Å². The van der Waals surface area contributed by atoms with E-state index in [1.165, 1.54) is 11.3 Å². The molecule has 1 aliphatic rings. The fourth-order valence-corrected chi connectivity index (χ4v) is 3.52. The van der Waals surface area contributed by atoms with Crippen LogP contribution in [0.5, 0.6) is 0 Å². The average molecular weight is 317 g/mol. The van der Waals surface area contributed by atoms with Crippen molar-refractivity contribution in [2.75, 3.05) is 13.6 Å². The van der Waals surface area contributed by atoms with E-state index in [1.54, 1.807) is 11.9 Å². The lowest BCUT2D eigenvalue weighted by molar-refractivity contribution is -0.124. The minimum Gasteiger partial charge on any atom is -0.357 e. The van der Waals surface area contributed by atoms with E-state index < -0.39 is 0 Å². The molecule has 0 bridgehead atoms. The minimum atomic E-state index is -0.318. The Morgan fingerprint density at radius 3 is 2.94 bits per heavy atom. The molecule has 1 saturated heterocycles. The molecular formula is C11H13BrN2O2S. The SMILES string of the molecule is CNC(=O)C1CCCN1C(=O)c1sccc1Br. The summed E-state index contributed by atoms with van der Waals surface area (Å²) in [6.07, 6.45) is 1.63. The quantitative estimate of drug-likeness (QED) is 0.905. The number of carbonyl (C=O) groups excluding carboxylic acids is 2. The summed E-state index contributed by atoms with van der Waals surface area (Å²) >= 11 is 4.75. The Balaban J connectivity index is 2.19. The molecule has 92 valence electrons. The first-order valence-electron chi connectivity index (χ1n) is 5.40. The van der Waals surface area contributed by atoms with Crippen LogP contribution in [0.4, 0.5) is 0 Å². The van der Waals surface area contributed by atoms with Gasteiger partial charge in [0.25, 0.3) is 5.91 Å². The smallest absolute Gasteiger partial charge is 0.265 e. The molecule has 1 atom stereocenters. The van der Waals surface area contributed by atoms with Gasteiger partial charge in [0.05, 0.1) is 0 Å². The summed E-state index contributed by atoms with van der Waals surface area (Å²) in [5.41, 5.74) is 0. The van der Waals surface area contributed by atoms with Crippen LogP contribution in [0.2, 0.25) is 0 Å². The van der Waals surface area contributed by atoms with Crippen LogP contribution in [0.3, 0.4) is 0 Å².